The van der Waals surface area contributed by atoms with E-state index < -0.39 is 12.2 Å². The summed E-state index contributed by atoms with van der Waals surface area (Å²) in [5.41, 5.74) is 0. The minimum absolute atomic E-state index is 0.0169. The monoisotopic (exact) mass is 243 g/mol. The van der Waals surface area contributed by atoms with Crippen molar-refractivity contribution in [3.8, 4) is 0 Å². The van der Waals surface area contributed by atoms with Crippen LogP contribution in [0.25, 0.3) is 0 Å². The van der Waals surface area contributed by atoms with Crippen LogP contribution in [0, 0.1) is 0 Å². The van der Waals surface area contributed by atoms with Crippen molar-refractivity contribution in [2.75, 3.05) is 19.7 Å². The third-order valence-electron chi connectivity index (χ3n) is 3.74. The van der Waals surface area contributed by atoms with E-state index in [2.05, 4.69) is 11.5 Å². The third-order valence-corrected chi connectivity index (χ3v) is 3.74. The molecule has 17 heavy (non-hydrogen) atoms. The zero-order valence-corrected chi connectivity index (χ0v) is 9.90. The Bertz CT molecular complexity index is 273. The van der Waals surface area contributed by atoms with E-state index in [1.54, 1.807) is 6.08 Å². The molecule has 0 radical (unpaired) electrons. The molecular weight excluding hydrogens is 222 g/mol. The Hall–Kier alpha value is -0.460. The van der Waals surface area contributed by atoms with Crippen LogP contribution < -0.4 is 0 Å². The number of ether oxygens (including phenoxy) is 1. The number of hydrogen-bond donors (Lipinski definition) is 3. The lowest BCUT2D eigenvalue weighted by Gasteiger charge is -2.34. The maximum absolute atomic E-state index is 9.98. The summed E-state index contributed by atoms with van der Waals surface area (Å²) in [4.78, 5) is 2.11. The standard InChI is InChI=1S/C12H21NO4/c1-2-3-8-12-11(16)10(15)9(17-12)4-5-13(8)6-7-14/h2,8-12,14-16H,1,3-7H2/t8?,9?,10-,11-,12?/m0/s1. The van der Waals surface area contributed by atoms with Crippen LogP contribution >= 0.6 is 0 Å². The van der Waals surface area contributed by atoms with Gasteiger partial charge >= 0.3 is 0 Å². The maximum Gasteiger partial charge on any atom is 0.110 e. The molecule has 5 atom stereocenters. The van der Waals surface area contributed by atoms with Crippen LogP contribution in [-0.4, -0.2) is 70.4 Å². The summed E-state index contributed by atoms with van der Waals surface area (Å²) >= 11 is 0. The van der Waals surface area contributed by atoms with Gasteiger partial charge in [0, 0.05) is 19.1 Å². The molecule has 3 unspecified atom stereocenters. The van der Waals surface area contributed by atoms with Gasteiger partial charge in [-0.05, 0) is 12.8 Å². The number of likely N-dealkylation sites (tertiary alicyclic amines) is 1. The van der Waals surface area contributed by atoms with Crippen LogP contribution in [0.5, 0.6) is 0 Å². The molecular formula is C12H21NO4. The molecule has 2 rings (SSSR count). The van der Waals surface area contributed by atoms with Gasteiger partial charge in [0.15, 0.2) is 0 Å². The van der Waals surface area contributed by atoms with Crippen molar-refractivity contribution in [2.45, 2.75) is 43.3 Å². The van der Waals surface area contributed by atoms with E-state index in [1.165, 1.54) is 0 Å². The number of β-amino-alcohol motifs (C(OH)–C–C–N with tert-alkyl or cyclic N) is 1. The smallest absolute Gasteiger partial charge is 0.110 e. The van der Waals surface area contributed by atoms with Gasteiger partial charge in [-0.1, -0.05) is 6.08 Å². The van der Waals surface area contributed by atoms with Crippen molar-refractivity contribution in [3.63, 3.8) is 0 Å². The minimum Gasteiger partial charge on any atom is -0.395 e. The van der Waals surface area contributed by atoms with Crippen LogP contribution in [-0.2, 0) is 4.74 Å². The highest BCUT2D eigenvalue weighted by atomic mass is 16.5. The Kier molecular flexibility index (Phi) is 4.17. The number of aliphatic hydroxyl groups excluding tert-OH is 3. The Labute approximate surface area is 101 Å². The summed E-state index contributed by atoms with van der Waals surface area (Å²) < 4.78 is 5.72. The van der Waals surface area contributed by atoms with Gasteiger partial charge < -0.3 is 20.1 Å². The highest BCUT2D eigenvalue weighted by Crippen LogP contribution is 2.32. The molecule has 2 aliphatic rings. The summed E-state index contributed by atoms with van der Waals surface area (Å²) in [7, 11) is 0. The molecule has 3 N–H and O–H groups in total. The molecule has 2 fully saturated rings. The fourth-order valence-electron chi connectivity index (χ4n) is 2.86. The van der Waals surface area contributed by atoms with Crippen LogP contribution in [0.4, 0.5) is 0 Å². The van der Waals surface area contributed by atoms with E-state index >= 15 is 0 Å². The lowest BCUT2D eigenvalue weighted by molar-refractivity contribution is -0.0266. The third kappa shape index (κ3) is 2.39. The Morgan fingerprint density at radius 1 is 1.35 bits per heavy atom. The maximum atomic E-state index is 9.98. The number of nitrogens with zero attached hydrogens (tertiary/aromatic N) is 1. The zero-order chi connectivity index (χ0) is 12.4. The van der Waals surface area contributed by atoms with Gasteiger partial charge in [-0.15, -0.1) is 6.58 Å². The number of hydrogen-bond acceptors (Lipinski definition) is 5. The lowest BCUT2D eigenvalue weighted by atomic mass is 9.95. The molecule has 5 nitrogen and oxygen atoms in total. The van der Waals surface area contributed by atoms with Crippen molar-refractivity contribution in [3.05, 3.63) is 12.7 Å². The van der Waals surface area contributed by atoms with E-state index in [0.29, 0.717) is 19.4 Å². The quantitative estimate of drug-likeness (QED) is 0.559. The molecule has 0 aromatic rings. The lowest BCUT2D eigenvalue weighted by Crippen LogP contribution is -2.50. The second kappa shape index (κ2) is 5.46. The summed E-state index contributed by atoms with van der Waals surface area (Å²) in [6, 6.07) is -0.0169. The van der Waals surface area contributed by atoms with Gasteiger partial charge in [0.05, 0.1) is 12.7 Å². The topological polar surface area (TPSA) is 73.2 Å². The predicted octanol–water partition coefficient (Wildman–Crippen LogP) is -0.882. The van der Waals surface area contributed by atoms with Gasteiger partial charge in [0.2, 0.25) is 0 Å². The van der Waals surface area contributed by atoms with E-state index in [-0.39, 0.29) is 24.9 Å². The number of rotatable bonds is 4. The SMILES string of the molecule is C=CCC1C2OC(CCN1CCO)[C@H](O)[C@@H]2O. The first kappa shape index (κ1) is 13.0. The van der Waals surface area contributed by atoms with Gasteiger partial charge in [0.25, 0.3) is 0 Å². The molecule has 0 aromatic carbocycles. The van der Waals surface area contributed by atoms with Gasteiger partial charge in [-0.3, -0.25) is 4.90 Å². The summed E-state index contributed by atoms with van der Waals surface area (Å²) in [5.74, 6) is 0. The van der Waals surface area contributed by atoms with Crippen molar-refractivity contribution < 1.29 is 20.1 Å². The molecule has 5 heteroatoms. The Morgan fingerprint density at radius 3 is 2.76 bits per heavy atom. The summed E-state index contributed by atoms with van der Waals surface area (Å²) in [6.07, 6.45) is 0.850. The molecule has 2 heterocycles. The van der Waals surface area contributed by atoms with Crippen molar-refractivity contribution in [1.29, 1.82) is 0 Å². The molecule has 0 amide bonds. The average molecular weight is 243 g/mol. The molecule has 0 spiro atoms. The van der Waals surface area contributed by atoms with Crippen LogP contribution in [0.1, 0.15) is 12.8 Å². The van der Waals surface area contributed by atoms with Crippen molar-refractivity contribution in [1.82, 2.24) is 4.90 Å². The number of aliphatic hydroxyl groups is 3. The van der Waals surface area contributed by atoms with Crippen molar-refractivity contribution >= 4 is 0 Å². The molecule has 0 aliphatic carbocycles. The average Bonchev–Trinajstić information content (AvgIpc) is 2.51. The van der Waals surface area contributed by atoms with E-state index in [4.69, 9.17) is 9.84 Å². The fraction of sp³-hybridized carbons (Fsp3) is 0.833. The first-order valence-electron chi connectivity index (χ1n) is 6.16. The molecule has 2 saturated heterocycles. The molecule has 2 aliphatic heterocycles. The Balaban J connectivity index is 2.16. The minimum atomic E-state index is -0.841. The second-order valence-electron chi connectivity index (χ2n) is 4.76. The highest BCUT2D eigenvalue weighted by molar-refractivity contribution is 5.01. The first-order chi connectivity index (χ1) is 8.19. The predicted molar refractivity (Wildman–Crippen MR) is 62.6 cm³/mol. The van der Waals surface area contributed by atoms with Crippen LogP contribution in [0.15, 0.2) is 12.7 Å². The van der Waals surface area contributed by atoms with Crippen LogP contribution in [0.2, 0.25) is 0 Å². The summed E-state index contributed by atoms with van der Waals surface area (Å²) in [5, 5.41) is 28.9. The van der Waals surface area contributed by atoms with Gasteiger partial charge in [-0.25, -0.2) is 0 Å². The number of fused-ring (bicyclic) bond motifs is 2. The molecule has 98 valence electrons. The van der Waals surface area contributed by atoms with Crippen LogP contribution in [0.3, 0.4) is 0 Å². The van der Waals surface area contributed by atoms with E-state index in [0.717, 1.165) is 6.54 Å². The normalized spacial score (nSPS) is 42.4. The van der Waals surface area contributed by atoms with Crippen molar-refractivity contribution in [2.24, 2.45) is 0 Å². The second-order valence-corrected chi connectivity index (χ2v) is 4.76. The summed E-state index contributed by atoms with van der Waals surface area (Å²) in [6.45, 7) is 5.14. The molecule has 2 bridgehead atoms. The molecule has 0 saturated carbocycles. The van der Waals surface area contributed by atoms with E-state index in [9.17, 15) is 10.2 Å². The zero-order valence-electron chi connectivity index (χ0n) is 9.90. The largest absolute Gasteiger partial charge is 0.395 e. The first-order valence-corrected chi connectivity index (χ1v) is 6.16. The fourth-order valence-corrected chi connectivity index (χ4v) is 2.86. The Morgan fingerprint density at radius 2 is 2.12 bits per heavy atom. The van der Waals surface area contributed by atoms with Gasteiger partial charge in [0.1, 0.15) is 18.3 Å². The van der Waals surface area contributed by atoms with E-state index in [1.807, 2.05) is 0 Å². The van der Waals surface area contributed by atoms with Gasteiger partial charge in [-0.2, -0.15) is 0 Å². The highest BCUT2D eigenvalue weighted by Gasteiger charge is 2.49. The molecule has 0 aromatic heterocycles.